The number of sulfonamides is 1. The molecule has 0 amide bonds. The van der Waals surface area contributed by atoms with E-state index < -0.39 is 21.4 Å². The summed E-state index contributed by atoms with van der Waals surface area (Å²) in [5, 5.41) is 0. The van der Waals surface area contributed by atoms with Crippen LogP contribution in [0.3, 0.4) is 0 Å². The van der Waals surface area contributed by atoms with E-state index in [2.05, 4.69) is 4.72 Å². The molecule has 3 N–H and O–H groups in total. The summed E-state index contributed by atoms with van der Waals surface area (Å²) in [5.74, 6) is -0.723. The van der Waals surface area contributed by atoms with Crippen LogP contribution in [-0.4, -0.2) is 27.6 Å². The Morgan fingerprint density at radius 2 is 1.90 bits per heavy atom. The van der Waals surface area contributed by atoms with E-state index in [1.54, 1.807) is 0 Å². The van der Waals surface area contributed by atoms with Gasteiger partial charge in [-0.1, -0.05) is 13.8 Å². The van der Waals surface area contributed by atoms with Crippen LogP contribution in [0, 0.1) is 5.82 Å². The van der Waals surface area contributed by atoms with Crippen LogP contribution in [0.2, 0.25) is 0 Å². The summed E-state index contributed by atoms with van der Waals surface area (Å²) < 4.78 is 44.8. The normalized spacial score (nSPS) is 11.9. The topological polar surface area (TPSA) is 81.4 Å². The minimum atomic E-state index is -3.74. The fourth-order valence-corrected chi connectivity index (χ4v) is 2.78. The van der Waals surface area contributed by atoms with Gasteiger partial charge in [-0.3, -0.25) is 0 Å². The molecule has 122 valence electrons. The highest BCUT2D eigenvalue weighted by atomic mass is 35.5. The molecule has 0 radical (unpaired) electrons. The van der Waals surface area contributed by atoms with Crippen LogP contribution in [0.15, 0.2) is 23.1 Å². The van der Waals surface area contributed by atoms with Crippen LogP contribution < -0.4 is 15.2 Å². The Labute approximate surface area is 131 Å². The zero-order chi connectivity index (χ0) is 15.4. The number of hydrogen-bond donors (Lipinski definition) is 2. The Morgan fingerprint density at radius 3 is 2.38 bits per heavy atom. The third-order valence-electron chi connectivity index (χ3n) is 3.46. The minimum Gasteiger partial charge on any atom is -0.494 e. The first-order valence-electron chi connectivity index (χ1n) is 6.40. The lowest BCUT2D eigenvalue weighted by atomic mass is 9.95. The average molecular weight is 341 g/mol. The number of ether oxygens (including phenoxy) is 1. The summed E-state index contributed by atoms with van der Waals surface area (Å²) in [6.45, 7) is 3.93. The number of halogens is 2. The van der Waals surface area contributed by atoms with Crippen molar-refractivity contribution in [3.05, 3.63) is 24.0 Å². The summed E-state index contributed by atoms with van der Waals surface area (Å²) in [4.78, 5) is -0.0506. The third kappa shape index (κ3) is 5.10. The van der Waals surface area contributed by atoms with Crippen molar-refractivity contribution in [1.29, 1.82) is 0 Å². The molecule has 0 atom stereocenters. The predicted octanol–water partition coefficient (Wildman–Crippen LogP) is 2.05. The molecule has 1 aromatic rings. The number of benzene rings is 1. The van der Waals surface area contributed by atoms with Crippen LogP contribution >= 0.6 is 12.4 Å². The van der Waals surface area contributed by atoms with Gasteiger partial charge in [0.1, 0.15) is 0 Å². The molecule has 0 spiro atoms. The van der Waals surface area contributed by atoms with Crippen molar-refractivity contribution in [2.24, 2.45) is 5.73 Å². The quantitative estimate of drug-likeness (QED) is 0.796. The van der Waals surface area contributed by atoms with Crippen LogP contribution in [0.4, 0.5) is 4.39 Å². The Hall–Kier alpha value is -0.890. The number of hydrogen-bond acceptors (Lipinski definition) is 4. The van der Waals surface area contributed by atoms with Gasteiger partial charge in [0, 0.05) is 18.2 Å². The first kappa shape index (κ1) is 20.1. The van der Waals surface area contributed by atoms with Gasteiger partial charge in [-0.2, -0.15) is 0 Å². The second kappa shape index (κ2) is 7.93. The van der Waals surface area contributed by atoms with E-state index in [1.165, 1.54) is 13.2 Å². The fraction of sp³-hybridized carbons (Fsp3) is 0.538. The van der Waals surface area contributed by atoms with Crippen molar-refractivity contribution in [1.82, 2.24) is 4.72 Å². The highest BCUT2D eigenvalue weighted by Gasteiger charge is 2.24. The van der Waals surface area contributed by atoms with Gasteiger partial charge in [0.15, 0.2) is 11.6 Å². The van der Waals surface area contributed by atoms with Gasteiger partial charge < -0.3 is 10.5 Å². The van der Waals surface area contributed by atoms with Crippen molar-refractivity contribution >= 4 is 22.4 Å². The van der Waals surface area contributed by atoms with Gasteiger partial charge in [-0.05, 0) is 25.0 Å². The van der Waals surface area contributed by atoms with Crippen molar-refractivity contribution in [3.63, 3.8) is 0 Å². The first-order valence-corrected chi connectivity index (χ1v) is 7.88. The Balaban J connectivity index is 0.00000400. The largest absolute Gasteiger partial charge is 0.494 e. The highest BCUT2D eigenvalue weighted by molar-refractivity contribution is 7.89. The summed E-state index contributed by atoms with van der Waals surface area (Å²) >= 11 is 0. The van der Waals surface area contributed by atoms with Gasteiger partial charge in [-0.15, -0.1) is 12.4 Å². The zero-order valence-electron chi connectivity index (χ0n) is 12.3. The number of nitrogens with two attached hydrogens (primary N) is 1. The maximum atomic E-state index is 13.3. The van der Waals surface area contributed by atoms with E-state index >= 15 is 0 Å². The summed E-state index contributed by atoms with van der Waals surface area (Å²) in [6, 6.07) is 3.40. The maximum Gasteiger partial charge on any atom is 0.240 e. The molecule has 0 saturated heterocycles. The molecule has 0 aromatic heterocycles. The number of rotatable bonds is 7. The summed E-state index contributed by atoms with van der Waals surface area (Å²) in [7, 11) is -2.46. The molecule has 1 aromatic carbocycles. The lowest BCUT2D eigenvalue weighted by molar-refractivity contribution is 0.384. The molecule has 0 fully saturated rings. The second-order valence-corrected chi connectivity index (χ2v) is 6.46. The van der Waals surface area contributed by atoms with Gasteiger partial charge in [0.2, 0.25) is 10.0 Å². The molecule has 0 bridgehead atoms. The summed E-state index contributed by atoms with van der Waals surface area (Å²) in [6.07, 6.45) is 1.30. The Morgan fingerprint density at radius 1 is 1.33 bits per heavy atom. The van der Waals surface area contributed by atoms with Crippen LogP contribution in [0.5, 0.6) is 5.75 Å². The van der Waals surface area contributed by atoms with E-state index in [1.807, 2.05) is 13.8 Å². The standard InChI is InChI=1S/C13H21FN2O3S.ClH/c1-4-13(15,5-2)9-16-20(17,18)10-6-7-11(14)12(8-10)19-3;/h6-8,16H,4-5,9,15H2,1-3H3;1H. The minimum absolute atomic E-state index is 0. The van der Waals surface area contributed by atoms with Gasteiger partial charge in [0.25, 0.3) is 0 Å². The third-order valence-corrected chi connectivity index (χ3v) is 4.85. The smallest absolute Gasteiger partial charge is 0.240 e. The van der Waals surface area contributed by atoms with E-state index in [0.29, 0.717) is 12.8 Å². The van der Waals surface area contributed by atoms with E-state index in [4.69, 9.17) is 10.5 Å². The molecule has 5 nitrogen and oxygen atoms in total. The summed E-state index contributed by atoms with van der Waals surface area (Å²) in [5.41, 5.74) is 5.46. The number of nitrogens with one attached hydrogen (secondary N) is 1. The molecule has 21 heavy (non-hydrogen) atoms. The van der Waals surface area contributed by atoms with Crippen LogP contribution in [0.25, 0.3) is 0 Å². The lowest BCUT2D eigenvalue weighted by Crippen LogP contribution is -2.49. The lowest BCUT2D eigenvalue weighted by Gasteiger charge is -2.26. The van der Waals surface area contributed by atoms with Crippen molar-refractivity contribution in [2.45, 2.75) is 37.1 Å². The molecule has 0 heterocycles. The molecular formula is C13H22ClFN2O3S. The molecule has 0 aliphatic heterocycles. The van der Waals surface area contributed by atoms with Crippen molar-refractivity contribution < 1.29 is 17.5 Å². The van der Waals surface area contributed by atoms with E-state index in [0.717, 1.165) is 12.1 Å². The van der Waals surface area contributed by atoms with Gasteiger partial charge >= 0.3 is 0 Å². The second-order valence-electron chi connectivity index (χ2n) is 4.69. The number of methoxy groups -OCH3 is 1. The van der Waals surface area contributed by atoms with Gasteiger partial charge in [-0.25, -0.2) is 17.5 Å². The Bertz CT molecular complexity index is 563. The molecule has 0 aliphatic rings. The van der Waals surface area contributed by atoms with Crippen molar-refractivity contribution in [2.75, 3.05) is 13.7 Å². The first-order chi connectivity index (χ1) is 9.28. The van der Waals surface area contributed by atoms with Crippen molar-refractivity contribution in [3.8, 4) is 5.75 Å². The van der Waals surface area contributed by atoms with Crippen LogP contribution in [0.1, 0.15) is 26.7 Å². The molecule has 0 unspecified atom stereocenters. The molecule has 0 aliphatic carbocycles. The molecular weight excluding hydrogens is 319 g/mol. The SMILES string of the molecule is CCC(N)(CC)CNS(=O)(=O)c1ccc(F)c(OC)c1.Cl. The van der Waals surface area contributed by atoms with E-state index in [9.17, 15) is 12.8 Å². The van der Waals surface area contributed by atoms with Crippen LogP contribution in [-0.2, 0) is 10.0 Å². The average Bonchev–Trinajstić information content (AvgIpc) is 2.45. The zero-order valence-corrected chi connectivity index (χ0v) is 14.0. The molecule has 1 rings (SSSR count). The molecule has 0 saturated carbocycles. The van der Waals surface area contributed by atoms with E-state index in [-0.39, 0.29) is 29.6 Å². The highest BCUT2D eigenvalue weighted by Crippen LogP contribution is 2.21. The monoisotopic (exact) mass is 340 g/mol. The molecule has 8 heteroatoms. The fourth-order valence-electron chi connectivity index (χ4n) is 1.63. The predicted molar refractivity (Wildman–Crippen MR) is 82.9 cm³/mol. The Kier molecular flexibility index (Phi) is 7.60. The maximum absolute atomic E-state index is 13.3. The van der Waals surface area contributed by atoms with Gasteiger partial charge in [0.05, 0.1) is 12.0 Å².